The fraction of sp³-hybridized carbons (Fsp3) is 0.333. The molecule has 2 N–H and O–H groups in total. The first-order valence-electron chi connectivity index (χ1n) is 6.91. The smallest absolute Gasteiger partial charge is 0.224 e. The van der Waals surface area contributed by atoms with Gasteiger partial charge in [0, 0.05) is 24.8 Å². The molecule has 0 radical (unpaired) electrons. The molecule has 0 aliphatic rings. The maximum atomic E-state index is 6.18. The molecule has 118 valence electrons. The number of nitrogens with zero attached hydrogens (tertiary/aromatic N) is 3. The van der Waals surface area contributed by atoms with Crippen LogP contribution < -0.4 is 10.6 Å². The fourth-order valence-corrected chi connectivity index (χ4v) is 2.19. The van der Waals surface area contributed by atoms with Gasteiger partial charge in [0.2, 0.25) is 5.95 Å². The molecule has 0 atom stereocenters. The van der Waals surface area contributed by atoms with Crippen molar-refractivity contribution >= 4 is 40.7 Å². The third-order valence-corrected chi connectivity index (χ3v) is 3.73. The van der Waals surface area contributed by atoms with Crippen LogP contribution in [0.4, 0.5) is 17.5 Å². The van der Waals surface area contributed by atoms with Crippen molar-refractivity contribution in [2.75, 3.05) is 37.8 Å². The number of hydrogen-bond donors (Lipinski definition) is 2. The average molecular weight is 340 g/mol. The maximum Gasteiger partial charge on any atom is 0.224 e. The zero-order chi connectivity index (χ0) is 16.1. The Morgan fingerprint density at radius 3 is 2.68 bits per heavy atom. The van der Waals surface area contributed by atoms with Gasteiger partial charge in [-0.05, 0) is 33.2 Å². The Bertz CT molecular complexity index is 646. The Hall–Kier alpha value is -1.56. The number of nitrogens with one attached hydrogen (secondary N) is 2. The van der Waals surface area contributed by atoms with Gasteiger partial charge in [0.05, 0.1) is 15.7 Å². The zero-order valence-electron chi connectivity index (χ0n) is 12.8. The van der Waals surface area contributed by atoms with Crippen LogP contribution in [0.1, 0.15) is 5.69 Å². The second-order valence-electron chi connectivity index (χ2n) is 5.17. The first kappa shape index (κ1) is 16.8. The van der Waals surface area contributed by atoms with Gasteiger partial charge in [-0.15, -0.1) is 0 Å². The van der Waals surface area contributed by atoms with E-state index in [1.807, 2.05) is 39.2 Å². The summed E-state index contributed by atoms with van der Waals surface area (Å²) in [6, 6.07) is 7.29. The van der Waals surface area contributed by atoms with Gasteiger partial charge < -0.3 is 15.5 Å². The van der Waals surface area contributed by atoms with Crippen LogP contribution in [0.2, 0.25) is 10.0 Å². The van der Waals surface area contributed by atoms with Gasteiger partial charge in [-0.3, -0.25) is 0 Å². The van der Waals surface area contributed by atoms with E-state index in [-0.39, 0.29) is 0 Å². The van der Waals surface area contributed by atoms with Crippen molar-refractivity contribution in [1.82, 2.24) is 14.9 Å². The first-order chi connectivity index (χ1) is 10.5. The predicted octanol–water partition coefficient (Wildman–Crippen LogP) is 3.81. The minimum absolute atomic E-state index is 0.475. The summed E-state index contributed by atoms with van der Waals surface area (Å²) in [6.45, 7) is 3.59. The van der Waals surface area contributed by atoms with E-state index in [2.05, 4.69) is 25.5 Å². The van der Waals surface area contributed by atoms with Gasteiger partial charge in [-0.1, -0.05) is 29.3 Å². The first-order valence-corrected chi connectivity index (χ1v) is 7.66. The van der Waals surface area contributed by atoms with E-state index >= 15 is 0 Å². The largest absolute Gasteiger partial charge is 0.353 e. The summed E-state index contributed by atoms with van der Waals surface area (Å²) in [6.07, 6.45) is 0. The highest BCUT2D eigenvalue weighted by Gasteiger charge is 2.07. The summed E-state index contributed by atoms with van der Waals surface area (Å²) in [5.74, 6) is 1.26. The van der Waals surface area contributed by atoms with Crippen LogP contribution in [-0.2, 0) is 0 Å². The number of likely N-dealkylation sites (N-methyl/N-ethyl adjacent to an activating group) is 1. The fourth-order valence-electron chi connectivity index (χ4n) is 1.84. The molecule has 0 saturated carbocycles. The second kappa shape index (κ2) is 7.63. The van der Waals surface area contributed by atoms with Crippen LogP contribution in [-0.4, -0.2) is 42.1 Å². The molecule has 0 amide bonds. The lowest BCUT2D eigenvalue weighted by molar-refractivity contribution is 0.425. The quantitative estimate of drug-likeness (QED) is 0.838. The highest BCUT2D eigenvalue weighted by molar-refractivity contribution is 6.43. The number of aromatic nitrogens is 2. The molecule has 5 nitrogen and oxygen atoms in total. The Balaban J connectivity index is 2.14. The number of halogens is 2. The molecule has 1 heterocycles. The SMILES string of the molecule is Cc1cc(Nc2cccc(Cl)c2Cl)nc(NCCN(C)C)n1. The number of benzene rings is 1. The third kappa shape index (κ3) is 4.73. The monoisotopic (exact) mass is 339 g/mol. The normalized spacial score (nSPS) is 10.8. The number of rotatable bonds is 6. The molecule has 0 unspecified atom stereocenters. The van der Waals surface area contributed by atoms with Crippen molar-refractivity contribution in [3.05, 3.63) is 40.0 Å². The molecule has 0 bridgehead atoms. The number of hydrogen-bond acceptors (Lipinski definition) is 5. The van der Waals surface area contributed by atoms with Crippen LogP contribution in [0.5, 0.6) is 0 Å². The van der Waals surface area contributed by atoms with Crippen molar-refractivity contribution in [3.63, 3.8) is 0 Å². The van der Waals surface area contributed by atoms with Crippen LogP contribution in [0.15, 0.2) is 24.3 Å². The Morgan fingerprint density at radius 2 is 1.95 bits per heavy atom. The lowest BCUT2D eigenvalue weighted by Gasteiger charge is -2.13. The minimum Gasteiger partial charge on any atom is -0.353 e. The van der Waals surface area contributed by atoms with E-state index < -0.39 is 0 Å². The lowest BCUT2D eigenvalue weighted by Crippen LogP contribution is -2.21. The molecule has 0 aliphatic heterocycles. The Kier molecular flexibility index (Phi) is 5.83. The van der Waals surface area contributed by atoms with Crippen molar-refractivity contribution in [3.8, 4) is 0 Å². The second-order valence-corrected chi connectivity index (χ2v) is 5.96. The molecule has 1 aromatic heterocycles. The van der Waals surface area contributed by atoms with Crippen molar-refractivity contribution < 1.29 is 0 Å². The number of aryl methyl sites for hydroxylation is 1. The summed E-state index contributed by atoms with van der Waals surface area (Å²) in [4.78, 5) is 10.9. The summed E-state index contributed by atoms with van der Waals surface area (Å²) >= 11 is 12.2. The molecule has 0 aliphatic carbocycles. The molecule has 22 heavy (non-hydrogen) atoms. The topological polar surface area (TPSA) is 53.1 Å². The molecular weight excluding hydrogens is 321 g/mol. The van der Waals surface area contributed by atoms with Crippen LogP contribution >= 0.6 is 23.2 Å². The molecular formula is C15H19Cl2N5. The van der Waals surface area contributed by atoms with Crippen molar-refractivity contribution in [2.24, 2.45) is 0 Å². The van der Waals surface area contributed by atoms with E-state index in [0.717, 1.165) is 18.8 Å². The summed E-state index contributed by atoms with van der Waals surface area (Å²) in [5, 5.41) is 7.36. The van der Waals surface area contributed by atoms with Gasteiger partial charge in [-0.25, -0.2) is 4.98 Å². The van der Waals surface area contributed by atoms with Crippen molar-refractivity contribution in [1.29, 1.82) is 0 Å². The van der Waals surface area contributed by atoms with Gasteiger partial charge in [0.15, 0.2) is 0 Å². The highest BCUT2D eigenvalue weighted by atomic mass is 35.5. The molecule has 7 heteroatoms. The summed E-state index contributed by atoms with van der Waals surface area (Å²) in [5.41, 5.74) is 1.58. The summed E-state index contributed by atoms with van der Waals surface area (Å²) < 4.78 is 0. The van der Waals surface area contributed by atoms with E-state index in [1.165, 1.54) is 0 Å². The van der Waals surface area contributed by atoms with Gasteiger partial charge in [0.1, 0.15) is 5.82 Å². The van der Waals surface area contributed by atoms with Crippen LogP contribution in [0.25, 0.3) is 0 Å². The van der Waals surface area contributed by atoms with Gasteiger partial charge in [-0.2, -0.15) is 4.98 Å². The average Bonchev–Trinajstić information content (AvgIpc) is 2.43. The van der Waals surface area contributed by atoms with E-state index in [1.54, 1.807) is 6.07 Å². The lowest BCUT2D eigenvalue weighted by atomic mass is 10.3. The van der Waals surface area contributed by atoms with Gasteiger partial charge >= 0.3 is 0 Å². The number of anilines is 3. The molecule has 0 spiro atoms. The Labute approximate surface area is 140 Å². The van der Waals surface area contributed by atoms with Crippen molar-refractivity contribution in [2.45, 2.75) is 6.92 Å². The van der Waals surface area contributed by atoms with Crippen LogP contribution in [0.3, 0.4) is 0 Å². The standard InChI is InChI=1S/C15H19Cl2N5/c1-10-9-13(20-12-6-4-5-11(16)14(12)17)21-15(19-10)18-7-8-22(2)3/h4-6,9H,7-8H2,1-3H3,(H2,18,19,20,21). The van der Waals surface area contributed by atoms with E-state index in [4.69, 9.17) is 23.2 Å². The zero-order valence-corrected chi connectivity index (χ0v) is 14.3. The van der Waals surface area contributed by atoms with E-state index in [9.17, 15) is 0 Å². The third-order valence-electron chi connectivity index (χ3n) is 2.91. The molecule has 1 aromatic carbocycles. The molecule has 2 rings (SSSR count). The molecule has 0 fully saturated rings. The molecule has 0 saturated heterocycles. The molecule has 2 aromatic rings. The highest BCUT2D eigenvalue weighted by Crippen LogP contribution is 2.31. The minimum atomic E-state index is 0.475. The van der Waals surface area contributed by atoms with Gasteiger partial charge in [0.25, 0.3) is 0 Å². The predicted molar refractivity (Wildman–Crippen MR) is 93.6 cm³/mol. The maximum absolute atomic E-state index is 6.18. The van der Waals surface area contributed by atoms with Crippen LogP contribution in [0, 0.1) is 6.92 Å². The van der Waals surface area contributed by atoms with E-state index in [0.29, 0.717) is 27.5 Å². The Morgan fingerprint density at radius 1 is 1.18 bits per heavy atom. The summed E-state index contributed by atoms with van der Waals surface area (Å²) in [7, 11) is 4.04.